The van der Waals surface area contributed by atoms with E-state index in [4.69, 9.17) is 10.2 Å². The number of nitrogens with one attached hydrogen (secondary N) is 1. The SMILES string of the molecule is Cc1ccc(C(C)(C)CNC2CCCC2N)o1. The molecule has 1 heterocycles. The lowest BCUT2D eigenvalue weighted by Gasteiger charge is -2.26. The summed E-state index contributed by atoms with van der Waals surface area (Å²) in [6.07, 6.45) is 3.60. The summed E-state index contributed by atoms with van der Waals surface area (Å²) in [4.78, 5) is 0. The molecule has 96 valence electrons. The second kappa shape index (κ2) is 4.83. The van der Waals surface area contributed by atoms with Crippen molar-refractivity contribution in [1.29, 1.82) is 0 Å². The van der Waals surface area contributed by atoms with Crippen LogP contribution in [0.1, 0.15) is 44.6 Å². The number of hydrogen-bond donors (Lipinski definition) is 2. The molecule has 0 spiro atoms. The van der Waals surface area contributed by atoms with Gasteiger partial charge in [0.25, 0.3) is 0 Å². The maximum atomic E-state index is 6.07. The van der Waals surface area contributed by atoms with Gasteiger partial charge in [-0.1, -0.05) is 20.3 Å². The Bertz CT molecular complexity index is 370. The van der Waals surface area contributed by atoms with Crippen molar-refractivity contribution in [3.63, 3.8) is 0 Å². The van der Waals surface area contributed by atoms with E-state index in [0.717, 1.165) is 24.5 Å². The molecule has 0 aliphatic heterocycles. The van der Waals surface area contributed by atoms with E-state index in [-0.39, 0.29) is 5.41 Å². The maximum Gasteiger partial charge on any atom is 0.111 e. The summed E-state index contributed by atoms with van der Waals surface area (Å²) in [5.74, 6) is 2.03. The van der Waals surface area contributed by atoms with Crippen LogP contribution in [0.4, 0.5) is 0 Å². The zero-order valence-corrected chi connectivity index (χ0v) is 11.1. The molecule has 2 atom stereocenters. The highest BCUT2D eigenvalue weighted by Gasteiger charge is 2.28. The van der Waals surface area contributed by atoms with E-state index >= 15 is 0 Å². The van der Waals surface area contributed by atoms with E-state index in [9.17, 15) is 0 Å². The number of nitrogens with two attached hydrogens (primary N) is 1. The average Bonchev–Trinajstić information content (AvgIpc) is 2.85. The zero-order valence-electron chi connectivity index (χ0n) is 11.1. The Labute approximate surface area is 104 Å². The highest BCUT2D eigenvalue weighted by Crippen LogP contribution is 2.25. The van der Waals surface area contributed by atoms with Crippen LogP contribution in [0.3, 0.4) is 0 Å². The highest BCUT2D eigenvalue weighted by atomic mass is 16.3. The molecule has 1 aliphatic carbocycles. The van der Waals surface area contributed by atoms with Crippen LogP contribution in [0.15, 0.2) is 16.5 Å². The molecule has 1 aromatic heterocycles. The molecule has 0 saturated heterocycles. The smallest absolute Gasteiger partial charge is 0.111 e. The van der Waals surface area contributed by atoms with Crippen molar-refractivity contribution in [2.45, 2.75) is 57.5 Å². The van der Waals surface area contributed by atoms with Crippen LogP contribution in [0, 0.1) is 6.92 Å². The molecule has 3 N–H and O–H groups in total. The van der Waals surface area contributed by atoms with Gasteiger partial charge in [-0.25, -0.2) is 0 Å². The van der Waals surface area contributed by atoms with Crippen LogP contribution in [0.25, 0.3) is 0 Å². The molecular weight excluding hydrogens is 212 g/mol. The molecule has 3 nitrogen and oxygen atoms in total. The Hall–Kier alpha value is -0.800. The maximum absolute atomic E-state index is 6.07. The van der Waals surface area contributed by atoms with E-state index < -0.39 is 0 Å². The Balaban J connectivity index is 1.93. The van der Waals surface area contributed by atoms with Crippen LogP contribution in [-0.4, -0.2) is 18.6 Å². The Kier molecular flexibility index (Phi) is 3.59. The van der Waals surface area contributed by atoms with E-state index in [0.29, 0.717) is 12.1 Å². The fourth-order valence-electron chi connectivity index (χ4n) is 2.51. The minimum Gasteiger partial charge on any atom is -0.466 e. The first kappa shape index (κ1) is 12.7. The third-order valence-electron chi connectivity index (χ3n) is 3.78. The van der Waals surface area contributed by atoms with Crippen molar-refractivity contribution in [3.8, 4) is 0 Å². The molecule has 0 aromatic carbocycles. The number of hydrogen-bond acceptors (Lipinski definition) is 3. The van der Waals surface area contributed by atoms with Gasteiger partial charge in [0.05, 0.1) is 0 Å². The van der Waals surface area contributed by atoms with E-state index in [2.05, 4.69) is 25.2 Å². The second-order valence-corrected chi connectivity index (χ2v) is 5.88. The van der Waals surface area contributed by atoms with E-state index in [1.54, 1.807) is 0 Å². The first-order valence-electron chi connectivity index (χ1n) is 6.55. The van der Waals surface area contributed by atoms with Gasteiger partial charge < -0.3 is 15.5 Å². The lowest BCUT2D eigenvalue weighted by Crippen LogP contribution is -2.45. The summed E-state index contributed by atoms with van der Waals surface area (Å²) < 4.78 is 5.72. The summed E-state index contributed by atoms with van der Waals surface area (Å²) in [6.45, 7) is 7.32. The molecule has 1 aliphatic rings. The van der Waals surface area contributed by atoms with Gasteiger partial charge in [0.2, 0.25) is 0 Å². The summed E-state index contributed by atoms with van der Waals surface area (Å²) in [7, 11) is 0. The fourth-order valence-corrected chi connectivity index (χ4v) is 2.51. The molecule has 17 heavy (non-hydrogen) atoms. The average molecular weight is 236 g/mol. The molecule has 2 unspecified atom stereocenters. The molecule has 1 fully saturated rings. The predicted octanol–water partition coefficient (Wildman–Crippen LogP) is 2.34. The summed E-state index contributed by atoms with van der Waals surface area (Å²) in [5, 5.41) is 3.59. The van der Waals surface area contributed by atoms with Crippen molar-refractivity contribution < 1.29 is 4.42 Å². The molecular formula is C14H24N2O. The molecule has 2 rings (SSSR count). The van der Waals surface area contributed by atoms with Gasteiger partial charge in [0.15, 0.2) is 0 Å². The van der Waals surface area contributed by atoms with Gasteiger partial charge >= 0.3 is 0 Å². The number of furan rings is 1. The molecule has 1 aromatic rings. The summed E-state index contributed by atoms with van der Waals surface area (Å²) in [5.41, 5.74) is 6.09. The minimum atomic E-state index is 0.0244. The van der Waals surface area contributed by atoms with Gasteiger partial charge in [-0.05, 0) is 31.9 Å². The first-order chi connectivity index (χ1) is 7.99. The topological polar surface area (TPSA) is 51.2 Å². The monoisotopic (exact) mass is 236 g/mol. The Morgan fingerprint density at radius 3 is 2.71 bits per heavy atom. The van der Waals surface area contributed by atoms with Crippen molar-refractivity contribution in [2.24, 2.45) is 5.73 Å². The van der Waals surface area contributed by atoms with Crippen LogP contribution in [0.5, 0.6) is 0 Å². The van der Waals surface area contributed by atoms with Crippen LogP contribution < -0.4 is 11.1 Å². The van der Waals surface area contributed by atoms with Crippen molar-refractivity contribution in [3.05, 3.63) is 23.7 Å². The minimum absolute atomic E-state index is 0.0244. The molecule has 0 amide bonds. The lowest BCUT2D eigenvalue weighted by atomic mass is 9.90. The van der Waals surface area contributed by atoms with Crippen molar-refractivity contribution >= 4 is 0 Å². The standard InChI is InChI=1S/C14H24N2O/c1-10-7-8-13(17-10)14(2,3)9-16-12-6-4-5-11(12)15/h7-8,11-12,16H,4-6,9,15H2,1-3H3. The number of rotatable bonds is 4. The number of aryl methyl sites for hydroxylation is 1. The lowest BCUT2D eigenvalue weighted by molar-refractivity contribution is 0.335. The van der Waals surface area contributed by atoms with Gasteiger partial charge in [0, 0.05) is 24.0 Å². The van der Waals surface area contributed by atoms with Crippen LogP contribution >= 0.6 is 0 Å². The summed E-state index contributed by atoms with van der Waals surface area (Å²) in [6, 6.07) is 4.90. The fraction of sp³-hybridized carbons (Fsp3) is 0.714. The molecule has 3 heteroatoms. The molecule has 0 bridgehead atoms. The molecule has 0 radical (unpaired) electrons. The zero-order chi connectivity index (χ0) is 12.5. The van der Waals surface area contributed by atoms with Crippen molar-refractivity contribution in [2.75, 3.05) is 6.54 Å². The van der Waals surface area contributed by atoms with Crippen molar-refractivity contribution in [1.82, 2.24) is 5.32 Å². The third kappa shape index (κ3) is 2.90. The van der Waals surface area contributed by atoms with Gasteiger partial charge in [-0.15, -0.1) is 0 Å². The Morgan fingerprint density at radius 2 is 2.18 bits per heavy atom. The van der Waals surface area contributed by atoms with Crippen LogP contribution in [-0.2, 0) is 5.41 Å². The largest absolute Gasteiger partial charge is 0.466 e. The quantitative estimate of drug-likeness (QED) is 0.843. The van der Waals surface area contributed by atoms with Crippen LogP contribution in [0.2, 0.25) is 0 Å². The second-order valence-electron chi connectivity index (χ2n) is 5.88. The first-order valence-corrected chi connectivity index (χ1v) is 6.55. The predicted molar refractivity (Wildman–Crippen MR) is 70.1 cm³/mol. The van der Waals surface area contributed by atoms with Gasteiger partial charge in [-0.2, -0.15) is 0 Å². The normalized spacial score (nSPS) is 25.4. The van der Waals surface area contributed by atoms with E-state index in [1.807, 2.05) is 13.0 Å². The Morgan fingerprint density at radius 1 is 1.41 bits per heavy atom. The summed E-state index contributed by atoms with van der Waals surface area (Å²) >= 11 is 0. The highest BCUT2D eigenvalue weighted by molar-refractivity contribution is 5.15. The molecule has 1 saturated carbocycles. The van der Waals surface area contributed by atoms with E-state index in [1.165, 1.54) is 12.8 Å². The van der Waals surface area contributed by atoms with Gasteiger partial charge in [-0.3, -0.25) is 0 Å². The van der Waals surface area contributed by atoms with Gasteiger partial charge in [0.1, 0.15) is 11.5 Å². The third-order valence-corrected chi connectivity index (χ3v) is 3.78.